The highest BCUT2D eigenvalue weighted by atomic mass is 15.0. The van der Waals surface area contributed by atoms with Crippen molar-refractivity contribution < 1.29 is 0 Å². The molecule has 0 saturated carbocycles. The summed E-state index contributed by atoms with van der Waals surface area (Å²) in [6.07, 6.45) is 8.02. The van der Waals surface area contributed by atoms with Crippen molar-refractivity contribution in [1.29, 1.82) is 0 Å². The second kappa shape index (κ2) is 9.24. The van der Waals surface area contributed by atoms with Crippen LogP contribution in [0.1, 0.15) is 31.4 Å². The van der Waals surface area contributed by atoms with E-state index in [-0.39, 0.29) is 12.1 Å². The molecule has 0 saturated heterocycles. The molecule has 2 aliphatic rings. The second-order valence-electron chi connectivity index (χ2n) is 12.2. The number of nitrogens with zero attached hydrogens (tertiary/aromatic N) is 1. The van der Waals surface area contributed by atoms with Gasteiger partial charge in [-0.2, -0.15) is 0 Å². The third kappa shape index (κ3) is 3.71. The van der Waals surface area contributed by atoms with Gasteiger partial charge < -0.3 is 4.57 Å². The Morgan fingerprint density at radius 2 is 1.34 bits per heavy atom. The first kappa shape index (κ1) is 24.3. The lowest BCUT2D eigenvalue weighted by Crippen LogP contribution is -2.52. The van der Waals surface area contributed by atoms with Crippen molar-refractivity contribution in [2.24, 2.45) is 5.92 Å². The van der Waals surface area contributed by atoms with E-state index in [1.54, 1.807) is 0 Å². The maximum absolute atomic E-state index is 2.52. The summed E-state index contributed by atoms with van der Waals surface area (Å²) in [4.78, 5) is 0. The number of rotatable bonds is 4. The van der Waals surface area contributed by atoms with Crippen LogP contribution in [-0.2, 0) is 5.41 Å². The fourth-order valence-electron chi connectivity index (χ4n) is 7.55. The quantitative estimate of drug-likeness (QED) is 0.210. The number of hydrogen-bond acceptors (Lipinski definition) is 0. The van der Waals surface area contributed by atoms with Crippen LogP contribution in [0.2, 0.25) is 0 Å². The predicted molar refractivity (Wildman–Crippen MR) is 177 cm³/mol. The van der Waals surface area contributed by atoms with Crippen molar-refractivity contribution in [3.8, 4) is 5.69 Å². The van der Waals surface area contributed by atoms with E-state index in [1.807, 2.05) is 0 Å². The van der Waals surface area contributed by atoms with E-state index in [1.165, 1.54) is 60.6 Å². The van der Waals surface area contributed by atoms with Crippen LogP contribution in [0, 0.1) is 5.92 Å². The molecular formula is C39H32BN. The largest absolute Gasteiger partial charge is 0.309 e. The molecule has 8 rings (SSSR count). The lowest BCUT2D eigenvalue weighted by Gasteiger charge is -2.29. The van der Waals surface area contributed by atoms with Crippen LogP contribution in [0.4, 0.5) is 0 Å². The van der Waals surface area contributed by atoms with Crippen molar-refractivity contribution in [3.05, 3.63) is 151 Å². The highest BCUT2D eigenvalue weighted by Gasteiger charge is 2.43. The van der Waals surface area contributed by atoms with Gasteiger partial charge in [-0.3, -0.25) is 0 Å². The molecule has 1 unspecified atom stereocenters. The fourth-order valence-corrected chi connectivity index (χ4v) is 7.55. The molecule has 1 atom stereocenters. The topological polar surface area (TPSA) is 4.93 Å². The number of aromatic nitrogens is 1. The van der Waals surface area contributed by atoms with Crippen LogP contribution < -0.4 is 16.4 Å². The van der Waals surface area contributed by atoms with Crippen molar-refractivity contribution in [1.82, 2.24) is 4.57 Å². The van der Waals surface area contributed by atoms with E-state index in [2.05, 4.69) is 158 Å². The highest BCUT2D eigenvalue weighted by Crippen LogP contribution is 2.52. The molecule has 0 aliphatic heterocycles. The Hall–Kier alpha value is -4.56. The molecule has 0 N–H and O–H groups in total. The van der Waals surface area contributed by atoms with Crippen molar-refractivity contribution >= 4 is 50.5 Å². The number of benzene rings is 5. The van der Waals surface area contributed by atoms with Gasteiger partial charge in [0.2, 0.25) is 6.71 Å². The molecule has 1 aromatic heterocycles. The van der Waals surface area contributed by atoms with Crippen molar-refractivity contribution in [2.45, 2.75) is 25.7 Å². The summed E-state index contributed by atoms with van der Waals surface area (Å²) in [6.45, 7) is 5.01. The summed E-state index contributed by atoms with van der Waals surface area (Å²) in [5.74, 6) is 0.549. The molecular weight excluding hydrogens is 493 g/mol. The van der Waals surface area contributed by atoms with E-state index in [9.17, 15) is 0 Å². The molecule has 0 radical (unpaired) electrons. The van der Waals surface area contributed by atoms with Crippen LogP contribution in [0.5, 0.6) is 0 Å². The van der Waals surface area contributed by atoms with Crippen LogP contribution >= 0.6 is 0 Å². The number of allylic oxidation sites excluding steroid dienone is 4. The highest BCUT2D eigenvalue weighted by molar-refractivity contribution is 6.95. The molecule has 2 heteroatoms. The molecule has 196 valence electrons. The van der Waals surface area contributed by atoms with Crippen molar-refractivity contribution in [3.63, 3.8) is 0 Å². The van der Waals surface area contributed by atoms with Gasteiger partial charge in [-0.15, -0.1) is 0 Å². The fraction of sp³-hybridized carbons (Fsp3) is 0.128. The zero-order valence-electron chi connectivity index (χ0n) is 23.6. The maximum Gasteiger partial charge on any atom is 0.241 e. The Morgan fingerprint density at radius 1 is 0.659 bits per heavy atom. The third-order valence-electron chi connectivity index (χ3n) is 9.59. The zero-order chi connectivity index (χ0) is 27.6. The van der Waals surface area contributed by atoms with Gasteiger partial charge in [0.1, 0.15) is 0 Å². The first-order valence-electron chi connectivity index (χ1n) is 14.8. The number of para-hydroxylation sites is 2. The van der Waals surface area contributed by atoms with Crippen LogP contribution in [0.15, 0.2) is 140 Å². The first-order valence-corrected chi connectivity index (χ1v) is 14.8. The average molecular weight is 526 g/mol. The Labute approximate surface area is 242 Å². The Bertz CT molecular complexity index is 1990. The number of hydrogen-bond donors (Lipinski definition) is 0. The lowest BCUT2D eigenvalue weighted by molar-refractivity contribution is 0.415. The minimum atomic E-state index is 0.107. The van der Waals surface area contributed by atoms with E-state index in [0.717, 1.165) is 6.42 Å². The SMILES string of the molecule is CC1(C)c2cc(B(c3ccccc3)c3ccc4c(c3)c3ccccc3n4-c3ccccc3)ccc2C2=CC=CCC21. The first-order chi connectivity index (χ1) is 20.1. The molecule has 0 spiro atoms. The second-order valence-corrected chi connectivity index (χ2v) is 12.2. The molecule has 0 fully saturated rings. The van der Waals surface area contributed by atoms with E-state index >= 15 is 0 Å². The Morgan fingerprint density at radius 3 is 2.17 bits per heavy atom. The van der Waals surface area contributed by atoms with Crippen molar-refractivity contribution in [2.75, 3.05) is 0 Å². The monoisotopic (exact) mass is 525 g/mol. The molecule has 5 aromatic carbocycles. The van der Waals surface area contributed by atoms with Gasteiger partial charge in [-0.05, 0) is 58.7 Å². The van der Waals surface area contributed by atoms with Crippen LogP contribution in [-0.4, -0.2) is 11.3 Å². The Kier molecular flexibility index (Phi) is 5.47. The molecule has 6 aromatic rings. The average Bonchev–Trinajstić information content (AvgIpc) is 3.47. The van der Waals surface area contributed by atoms with Crippen LogP contribution in [0.25, 0.3) is 33.1 Å². The summed E-state index contributed by atoms with van der Waals surface area (Å²) < 4.78 is 2.40. The standard InChI is InChI=1S/C39H32BN/c1-39(2)35-19-11-9-17-31(35)32-23-21-29(26-36(32)39)40(27-13-5-3-6-14-27)28-22-24-38-34(25-28)33-18-10-12-20-37(33)41(38)30-15-7-4-8-16-30/h3-18,20-26,35H,19H2,1-2H3. The van der Waals surface area contributed by atoms with Gasteiger partial charge in [-0.1, -0.05) is 146 Å². The van der Waals surface area contributed by atoms with Crippen LogP contribution in [0.3, 0.4) is 0 Å². The number of fused-ring (bicyclic) bond motifs is 6. The minimum Gasteiger partial charge on any atom is -0.309 e. The van der Waals surface area contributed by atoms with E-state index in [4.69, 9.17) is 0 Å². The van der Waals surface area contributed by atoms with Gasteiger partial charge in [0.15, 0.2) is 0 Å². The molecule has 0 amide bonds. The molecule has 41 heavy (non-hydrogen) atoms. The predicted octanol–water partition coefficient (Wildman–Crippen LogP) is 7.55. The summed E-state index contributed by atoms with van der Waals surface area (Å²) in [5.41, 5.74) is 12.2. The van der Waals surface area contributed by atoms with Gasteiger partial charge in [0.25, 0.3) is 0 Å². The van der Waals surface area contributed by atoms with E-state index < -0.39 is 0 Å². The molecule has 1 heterocycles. The summed E-state index contributed by atoms with van der Waals surface area (Å²) in [7, 11) is 0. The third-order valence-corrected chi connectivity index (χ3v) is 9.59. The lowest BCUT2D eigenvalue weighted by atomic mass is 9.36. The Balaban J connectivity index is 1.34. The summed E-state index contributed by atoms with van der Waals surface area (Å²) in [6, 6.07) is 45.0. The molecule has 0 bridgehead atoms. The smallest absolute Gasteiger partial charge is 0.241 e. The molecule has 2 aliphatic carbocycles. The van der Waals surface area contributed by atoms with Gasteiger partial charge in [0, 0.05) is 16.5 Å². The van der Waals surface area contributed by atoms with Gasteiger partial charge in [-0.25, -0.2) is 0 Å². The van der Waals surface area contributed by atoms with Gasteiger partial charge >= 0.3 is 0 Å². The van der Waals surface area contributed by atoms with E-state index in [0.29, 0.717) is 5.92 Å². The minimum absolute atomic E-state index is 0.107. The van der Waals surface area contributed by atoms with Gasteiger partial charge in [0.05, 0.1) is 11.0 Å². The normalized spacial score (nSPS) is 16.9. The maximum atomic E-state index is 2.52. The zero-order valence-corrected chi connectivity index (χ0v) is 23.6. The molecule has 1 nitrogen and oxygen atoms in total. The summed E-state index contributed by atoms with van der Waals surface area (Å²) >= 11 is 0. The summed E-state index contributed by atoms with van der Waals surface area (Å²) in [5, 5.41) is 2.59.